The highest BCUT2D eigenvalue weighted by Gasteiger charge is 2.46. The van der Waals surface area contributed by atoms with E-state index in [2.05, 4.69) is 27.7 Å². The van der Waals surface area contributed by atoms with E-state index in [9.17, 15) is 0 Å². The smallest absolute Gasteiger partial charge is 0.0271 e. The van der Waals surface area contributed by atoms with Gasteiger partial charge in [-0.3, -0.25) is 0 Å². The standard InChI is InChI=1S/C13H26/c1-5-7-8-11(3)12(4)13(6-2)9-10-13/h11-12H,5-10H2,1-4H3. The van der Waals surface area contributed by atoms with Crippen molar-refractivity contribution in [3.8, 4) is 0 Å². The largest absolute Gasteiger partial charge is 0.0654 e. The van der Waals surface area contributed by atoms with Gasteiger partial charge >= 0.3 is 0 Å². The van der Waals surface area contributed by atoms with E-state index in [4.69, 9.17) is 0 Å². The van der Waals surface area contributed by atoms with Gasteiger partial charge in [0.15, 0.2) is 0 Å². The molecule has 0 radical (unpaired) electrons. The van der Waals surface area contributed by atoms with Gasteiger partial charge in [0, 0.05) is 0 Å². The Morgan fingerprint density at radius 3 is 2.15 bits per heavy atom. The van der Waals surface area contributed by atoms with E-state index < -0.39 is 0 Å². The molecule has 0 bridgehead atoms. The fourth-order valence-corrected chi connectivity index (χ4v) is 2.67. The van der Waals surface area contributed by atoms with Crippen LogP contribution in [0, 0.1) is 17.3 Å². The molecule has 0 aromatic rings. The van der Waals surface area contributed by atoms with Crippen LogP contribution in [-0.4, -0.2) is 0 Å². The van der Waals surface area contributed by atoms with Crippen LogP contribution in [0.3, 0.4) is 0 Å². The summed E-state index contributed by atoms with van der Waals surface area (Å²) in [5.41, 5.74) is 0.771. The van der Waals surface area contributed by atoms with Gasteiger partial charge in [-0.15, -0.1) is 0 Å². The molecule has 2 unspecified atom stereocenters. The highest BCUT2D eigenvalue weighted by atomic mass is 14.5. The van der Waals surface area contributed by atoms with Crippen molar-refractivity contribution < 1.29 is 0 Å². The van der Waals surface area contributed by atoms with E-state index >= 15 is 0 Å². The lowest BCUT2D eigenvalue weighted by Gasteiger charge is -2.28. The fraction of sp³-hybridized carbons (Fsp3) is 1.00. The predicted octanol–water partition coefficient (Wildman–Crippen LogP) is 4.64. The van der Waals surface area contributed by atoms with Crippen molar-refractivity contribution in [2.24, 2.45) is 17.3 Å². The Bertz CT molecular complexity index is 144. The van der Waals surface area contributed by atoms with Crippen LogP contribution in [0.15, 0.2) is 0 Å². The maximum absolute atomic E-state index is 2.48. The second kappa shape index (κ2) is 4.48. The third kappa shape index (κ3) is 2.48. The number of hydrogen-bond donors (Lipinski definition) is 0. The molecular formula is C13H26. The molecule has 1 fully saturated rings. The second-order valence-electron chi connectivity index (χ2n) is 5.12. The molecule has 0 heterocycles. The molecule has 0 aliphatic heterocycles. The maximum atomic E-state index is 2.48. The summed E-state index contributed by atoms with van der Waals surface area (Å²) in [4.78, 5) is 0. The number of hydrogen-bond acceptors (Lipinski definition) is 0. The Balaban J connectivity index is 2.33. The molecule has 0 aromatic heterocycles. The molecule has 1 aliphatic carbocycles. The summed E-state index contributed by atoms with van der Waals surface area (Å²) in [6, 6.07) is 0. The number of rotatable bonds is 6. The molecule has 0 nitrogen and oxygen atoms in total. The first-order chi connectivity index (χ1) is 6.16. The molecule has 0 N–H and O–H groups in total. The van der Waals surface area contributed by atoms with Gasteiger partial charge in [-0.05, 0) is 30.1 Å². The van der Waals surface area contributed by atoms with Gasteiger partial charge < -0.3 is 0 Å². The molecule has 1 rings (SSSR count). The third-order valence-corrected chi connectivity index (χ3v) is 4.43. The summed E-state index contributed by atoms with van der Waals surface area (Å²) in [5, 5.41) is 0. The Labute approximate surface area is 84.1 Å². The first-order valence-electron chi connectivity index (χ1n) is 6.16. The summed E-state index contributed by atoms with van der Waals surface area (Å²) in [6.45, 7) is 9.60. The van der Waals surface area contributed by atoms with Crippen molar-refractivity contribution in [3.05, 3.63) is 0 Å². The van der Waals surface area contributed by atoms with Gasteiger partial charge in [0.2, 0.25) is 0 Å². The van der Waals surface area contributed by atoms with Crippen molar-refractivity contribution in [1.82, 2.24) is 0 Å². The third-order valence-electron chi connectivity index (χ3n) is 4.43. The SMILES string of the molecule is CCCCC(C)C(C)C1(CC)CC1. The molecule has 78 valence electrons. The summed E-state index contributed by atoms with van der Waals surface area (Å²) in [7, 11) is 0. The minimum atomic E-state index is 0.771. The Hall–Kier alpha value is 0. The van der Waals surface area contributed by atoms with Gasteiger partial charge in [-0.1, -0.05) is 53.4 Å². The first kappa shape index (κ1) is 11.1. The highest BCUT2D eigenvalue weighted by molar-refractivity contribution is 4.97. The van der Waals surface area contributed by atoms with Gasteiger partial charge in [0.25, 0.3) is 0 Å². The lowest BCUT2D eigenvalue weighted by atomic mass is 9.78. The maximum Gasteiger partial charge on any atom is -0.0271 e. The fourth-order valence-electron chi connectivity index (χ4n) is 2.67. The van der Waals surface area contributed by atoms with Crippen LogP contribution in [-0.2, 0) is 0 Å². The van der Waals surface area contributed by atoms with E-state index in [0.717, 1.165) is 17.3 Å². The predicted molar refractivity (Wildman–Crippen MR) is 59.8 cm³/mol. The van der Waals surface area contributed by atoms with E-state index in [1.807, 2.05) is 0 Å². The van der Waals surface area contributed by atoms with Gasteiger partial charge in [0.1, 0.15) is 0 Å². The minimum absolute atomic E-state index is 0.771. The average Bonchev–Trinajstić information content (AvgIpc) is 2.93. The van der Waals surface area contributed by atoms with Gasteiger partial charge in [-0.2, -0.15) is 0 Å². The van der Waals surface area contributed by atoms with E-state index in [1.165, 1.54) is 38.5 Å². The molecule has 2 atom stereocenters. The van der Waals surface area contributed by atoms with Gasteiger partial charge in [-0.25, -0.2) is 0 Å². The molecule has 0 aromatic carbocycles. The Morgan fingerprint density at radius 1 is 1.15 bits per heavy atom. The van der Waals surface area contributed by atoms with Crippen molar-refractivity contribution in [2.45, 2.75) is 66.2 Å². The van der Waals surface area contributed by atoms with Gasteiger partial charge in [0.05, 0.1) is 0 Å². The Kier molecular flexibility index (Phi) is 3.82. The quantitative estimate of drug-likeness (QED) is 0.561. The van der Waals surface area contributed by atoms with E-state index in [0.29, 0.717) is 0 Å². The lowest BCUT2D eigenvalue weighted by molar-refractivity contribution is 0.219. The summed E-state index contributed by atoms with van der Waals surface area (Å²) >= 11 is 0. The molecule has 0 heteroatoms. The topological polar surface area (TPSA) is 0 Å². The first-order valence-corrected chi connectivity index (χ1v) is 6.16. The lowest BCUT2D eigenvalue weighted by Crippen LogP contribution is -2.19. The minimum Gasteiger partial charge on any atom is -0.0654 e. The molecular weight excluding hydrogens is 156 g/mol. The normalized spacial score (nSPS) is 24.0. The summed E-state index contributed by atoms with van der Waals surface area (Å²) in [5.74, 6) is 1.91. The van der Waals surface area contributed by atoms with Crippen molar-refractivity contribution in [1.29, 1.82) is 0 Å². The van der Waals surface area contributed by atoms with Crippen molar-refractivity contribution >= 4 is 0 Å². The molecule has 0 saturated heterocycles. The molecule has 13 heavy (non-hydrogen) atoms. The average molecular weight is 182 g/mol. The van der Waals surface area contributed by atoms with Crippen LogP contribution in [0.4, 0.5) is 0 Å². The Morgan fingerprint density at radius 2 is 1.77 bits per heavy atom. The van der Waals surface area contributed by atoms with Crippen LogP contribution in [0.2, 0.25) is 0 Å². The molecule has 1 aliphatic rings. The van der Waals surface area contributed by atoms with Crippen LogP contribution >= 0.6 is 0 Å². The van der Waals surface area contributed by atoms with Crippen LogP contribution in [0.1, 0.15) is 66.2 Å². The van der Waals surface area contributed by atoms with Crippen molar-refractivity contribution in [3.63, 3.8) is 0 Å². The number of unbranched alkanes of at least 4 members (excludes halogenated alkanes) is 1. The molecule has 0 amide bonds. The van der Waals surface area contributed by atoms with Crippen LogP contribution in [0.5, 0.6) is 0 Å². The zero-order valence-electron chi connectivity index (χ0n) is 9.90. The zero-order chi connectivity index (χ0) is 9.90. The second-order valence-corrected chi connectivity index (χ2v) is 5.12. The monoisotopic (exact) mass is 182 g/mol. The van der Waals surface area contributed by atoms with E-state index in [-0.39, 0.29) is 0 Å². The van der Waals surface area contributed by atoms with E-state index in [1.54, 1.807) is 0 Å². The molecule has 0 spiro atoms. The van der Waals surface area contributed by atoms with Crippen LogP contribution in [0.25, 0.3) is 0 Å². The highest BCUT2D eigenvalue weighted by Crippen LogP contribution is 2.57. The summed E-state index contributed by atoms with van der Waals surface area (Å²) < 4.78 is 0. The van der Waals surface area contributed by atoms with Crippen LogP contribution < -0.4 is 0 Å². The zero-order valence-corrected chi connectivity index (χ0v) is 9.90. The molecule has 1 saturated carbocycles. The van der Waals surface area contributed by atoms with Crippen molar-refractivity contribution in [2.75, 3.05) is 0 Å². The summed E-state index contributed by atoms with van der Waals surface area (Å²) in [6.07, 6.45) is 8.63.